The second kappa shape index (κ2) is 4.52. The molecule has 0 aromatic carbocycles. The summed E-state index contributed by atoms with van der Waals surface area (Å²) >= 11 is 0. The standard InChI is InChI=1S/C8H6F6N2O2/c9-7(10,11)4-1-3(2-15)5(17)16-6(4)18-8(12,13)14/h1H,2,15H2,(H,16,17). The zero-order chi connectivity index (χ0) is 14.1. The fourth-order valence-corrected chi connectivity index (χ4v) is 1.11. The molecule has 102 valence electrons. The molecule has 0 saturated heterocycles. The van der Waals surface area contributed by atoms with Gasteiger partial charge in [0.1, 0.15) is 5.56 Å². The van der Waals surface area contributed by atoms with Crippen LogP contribution in [0.15, 0.2) is 10.9 Å². The molecule has 18 heavy (non-hydrogen) atoms. The van der Waals surface area contributed by atoms with E-state index in [-0.39, 0.29) is 6.07 Å². The van der Waals surface area contributed by atoms with E-state index in [4.69, 9.17) is 5.73 Å². The van der Waals surface area contributed by atoms with E-state index in [9.17, 15) is 31.1 Å². The lowest BCUT2D eigenvalue weighted by atomic mass is 10.2. The topological polar surface area (TPSA) is 68.1 Å². The number of aromatic nitrogens is 1. The smallest absolute Gasteiger partial charge is 0.389 e. The first-order valence-corrected chi connectivity index (χ1v) is 4.34. The number of alkyl halides is 6. The molecule has 1 aromatic rings. The van der Waals surface area contributed by atoms with Crippen molar-refractivity contribution in [3.63, 3.8) is 0 Å². The highest BCUT2D eigenvalue weighted by Gasteiger charge is 2.40. The van der Waals surface area contributed by atoms with Gasteiger partial charge in [-0.1, -0.05) is 0 Å². The van der Waals surface area contributed by atoms with E-state index in [1.165, 1.54) is 4.98 Å². The van der Waals surface area contributed by atoms with E-state index in [1.807, 2.05) is 0 Å². The van der Waals surface area contributed by atoms with Crippen molar-refractivity contribution >= 4 is 0 Å². The first kappa shape index (κ1) is 14.4. The number of aromatic amines is 1. The highest BCUT2D eigenvalue weighted by molar-refractivity contribution is 5.32. The Morgan fingerprint density at radius 3 is 2.17 bits per heavy atom. The van der Waals surface area contributed by atoms with Crippen LogP contribution in [-0.4, -0.2) is 11.3 Å². The van der Waals surface area contributed by atoms with E-state index < -0.39 is 41.6 Å². The average Bonchev–Trinajstić information content (AvgIpc) is 2.13. The molecule has 0 aliphatic heterocycles. The molecule has 0 atom stereocenters. The number of halogens is 6. The van der Waals surface area contributed by atoms with Gasteiger partial charge in [-0.15, -0.1) is 13.2 Å². The van der Waals surface area contributed by atoms with Crippen LogP contribution in [0.5, 0.6) is 5.88 Å². The van der Waals surface area contributed by atoms with Crippen LogP contribution >= 0.6 is 0 Å². The van der Waals surface area contributed by atoms with Crippen LogP contribution < -0.4 is 16.0 Å². The highest BCUT2D eigenvalue weighted by Crippen LogP contribution is 2.36. The monoisotopic (exact) mass is 276 g/mol. The predicted molar refractivity (Wildman–Crippen MR) is 46.6 cm³/mol. The molecule has 0 unspecified atom stereocenters. The van der Waals surface area contributed by atoms with Gasteiger partial charge in [0.15, 0.2) is 0 Å². The van der Waals surface area contributed by atoms with Gasteiger partial charge < -0.3 is 10.5 Å². The van der Waals surface area contributed by atoms with Crippen LogP contribution in [0.25, 0.3) is 0 Å². The third kappa shape index (κ3) is 3.39. The van der Waals surface area contributed by atoms with Gasteiger partial charge in [-0.3, -0.25) is 9.78 Å². The molecule has 0 amide bonds. The summed E-state index contributed by atoms with van der Waals surface area (Å²) in [4.78, 5) is 12.4. The van der Waals surface area contributed by atoms with Crippen molar-refractivity contribution < 1.29 is 31.1 Å². The van der Waals surface area contributed by atoms with Crippen LogP contribution in [0.1, 0.15) is 11.1 Å². The lowest BCUT2D eigenvalue weighted by Gasteiger charge is -2.15. The minimum Gasteiger partial charge on any atom is -0.389 e. The summed E-state index contributed by atoms with van der Waals surface area (Å²) in [6.45, 7) is -0.551. The van der Waals surface area contributed by atoms with Gasteiger partial charge in [0.2, 0.25) is 5.88 Å². The number of hydrogen-bond acceptors (Lipinski definition) is 3. The van der Waals surface area contributed by atoms with Gasteiger partial charge in [-0.25, -0.2) is 0 Å². The Bertz CT molecular complexity index is 490. The van der Waals surface area contributed by atoms with Gasteiger partial charge in [0.25, 0.3) is 5.56 Å². The van der Waals surface area contributed by atoms with E-state index in [0.29, 0.717) is 0 Å². The van der Waals surface area contributed by atoms with Crippen molar-refractivity contribution in [3.05, 3.63) is 27.5 Å². The second-order valence-electron chi connectivity index (χ2n) is 3.12. The molecule has 3 N–H and O–H groups in total. The van der Waals surface area contributed by atoms with Gasteiger partial charge in [0.05, 0.1) is 0 Å². The number of nitrogens with two attached hydrogens (primary N) is 1. The Balaban J connectivity index is 3.40. The minimum atomic E-state index is -5.35. The molecule has 1 aromatic heterocycles. The average molecular weight is 276 g/mol. The number of H-pyrrole nitrogens is 1. The molecule has 1 rings (SSSR count). The molecule has 0 bridgehead atoms. The number of pyridine rings is 1. The third-order valence-corrected chi connectivity index (χ3v) is 1.83. The minimum absolute atomic E-state index is 0.222. The Labute approximate surface area is 95.4 Å². The highest BCUT2D eigenvalue weighted by atomic mass is 19.4. The third-order valence-electron chi connectivity index (χ3n) is 1.83. The molecule has 0 radical (unpaired) electrons. The van der Waals surface area contributed by atoms with Gasteiger partial charge in [-0.05, 0) is 6.07 Å². The maximum atomic E-state index is 12.5. The molecular formula is C8H6F6N2O2. The largest absolute Gasteiger partial charge is 0.574 e. The second-order valence-corrected chi connectivity index (χ2v) is 3.12. The molecule has 1 heterocycles. The van der Waals surface area contributed by atoms with E-state index in [1.54, 1.807) is 0 Å². The summed E-state index contributed by atoms with van der Waals surface area (Å²) < 4.78 is 76.2. The van der Waals surface area contributed by atoms with E-state index >= 15 is 0 Å². The van der Waals surface area contributed by atoms with Crippen molar-refractivity contribution in [1.82, 2.24) is 4.98 Å². The quantitative estimate of drug-likeness (QED) is 0.808. The van der Waals surface area contributed by atoms with Crippen molar-refractivity contribution in [3.8, 4) is 5.88 Å². The molecule has 0 fully saturated rings. The van der Waals surface area contributed by atoms with Crippen molar-refractivity contribution in [1.29, 1.82) is 0 Å². The molecule has 0 saturated carbocycles. The number of hydrogen-bond donors (Lipinski definition) is 2. The molecule has 4 nitrogen and oxygen atoms in total. The molecule has 10 heteroatoms. The molecular weight excluding hydrogens is 270 g/mol. The van der Waals surface area contributed by atoms with Gasteiger partial charge in [0, 0.05) is 12.1 Å². The van der Waals surface area contributed by atoms with Crippen LogP contribution in [0.2, 0.25) is 0 Å². The van der Waals surface area contributed by atoms with Gasteiger partial charge in [-0.2, -0.15) is 13.2 Å². The van der Waals surface area contributed by atoms with E-state index in [2.05, 4.69) is 4.74 Å². The molecule has 0 aliphatic rings. The van der Waals surface area contributed by atoms with Crippen molar-refractivity contribution in [2.75, 3.05) is 0 Å². The SMILES string of the molecule is NCc1cc(C(F)(F)F)c(OC(F)(F)F)[nH]c1=O. The van der Waals surface area contributed by atoms with Crippen LogP contribution in [0, 0.1) is 0 Å². The lowest BCUT2D eigenvalue weighted by Crippen LogP contribution is -2.26. The van der Waals surface area contributed by atoms with Crippen molar-refractivity contribution in [2.45, 2.75) is 19.1 Å². The summed E-state index contributed by atoms with van der Waals surface area (Å²) in [6.07, 6.45) is -10.5. The number of nitrogens with one attached hydrogen (secondary N) is 1. The van der Waals surface area contributed by atoms with Crippen LogP contribution in [0.3, 0.4) is 0 Å². The predicted octanol–water partition coefficient (Wildman–Crippen LogP) is 1.75. The summed E-state index contributed by atoms with van der Waals surface area (Å²) in [5, 5.41) is 0. The zero-order valence-corrected chi connectivity index (χ0v) is 8.45. The maximum Gasteiger partial charge on any atom is 0.574 e. The van der Waals surface area contributed by atoms with Gasteiger partial charge >= 0.3 is 12.5 Å². The van der Waals surface area contributed by atoms with Crippen molar-refractivity contribution in [2.24, 2.45) is 5.73 Å². The van der Waals surface area contributed by atoms with E-state index in [0.717, 1.165) is 0 Å². The van der Waals surface area contributed by atoms with Crippen LogP contribution in [-0.2, 0) is 12.7 Å². The Hall–Kier alpha value is -1.71. The summed E-state index contributed by atoms with van der Waals surface area (Å²) in [5.74, 6) is -1.71. The Kier molecular flexibility index (Phi) is 3.60. The summed E-state index contributed by atoms with van der Waals surface area (Å²) in [5.41, 5.74) is 1.56. The lowest BCUT2D eigenvalue weighted by molar-refractivity contribution is -0.278. The molecule has 0 aliphatic carbocycles. The fraction of sp³-hybridized carbons (Fsp3) is 0.375. The first-order chi connectivity index (χ1) is 8.04. The van der Waals surface area contributed by atoms with Crippen LogP contribution in [0.4, 0.5) is 26.3 Å². The number of ether oxygens (including phenoxy) is 1. The molecule has 0 spiro atoms. The Morgan fingerprint density at radius 2 is 1.78 bits per heavy atom. The zero-order valence-electron chi connectivity index (χ0n) is 8.45. The maximum absolute atomic E-state index is 12.5. The summed E-state index contributed by atoms with van der Waals surface area (Å²) in [7, 11) is 0. The normalized spacial score (nSPS) is 12.6. The Morgan fingerprint density at radius 1 is 1.22 bits per heavy atom. The number of rotatable bonds is 2. The first-order valence-electron chi connectivity index (χ1n) is 4.34. The fourth-order valence-electron chi connectivity index (χ4n) is 1.11. The summed E-state index contributed by atoms with van der Waals surface area (Å²) in [6, 6.07) is 0.222.